The van der Waals surface area contributed by atoms with Gasteiger partial charge in [-0.25, -0.2) is 14.4 Å². The molecule has 0 amide bonds. The van der Waals surface area contributed by atoms with E-state index in [9.17, 15) is 24.6 Å². The van der Waals surface area contributed by atoms with Crippen molar-refractivity contribution in [3.05, 3.63) is 34.9 Å². The Morgan fingerprint density at radius 3 is 2.09 bits per heavy atom. The molecule has 4 N–H and O–H groups in total. The summed E-state index contributed by atoms with van der Waals surface area (Å²) in [4.78, 5) is 34.2. The summed E-state index contributed by atoms with van der Waals surface area (Å²) in [6.07, 6.45) is 0.328. The van der Waals surface area contributed by atoms with Gasteiger partial charge in [-0.3, -0.25) is 0 Å². The number of esters is 1. The third-order valence-corrected chi connectivity index (χ3v) is 3.65. The van der Waals surface area contributed by atoms with E-state index in [1.807, 2.05) is 0 Å². The average molecular weight is 326 g/mol. The van der Waals surface area contributed by atoms with Gasteiger partial charge in [0.15, 0.2) is 0 Å². The molecular formula is C15H18O8. The van der Waals surface area contributed by atoms with Crippen molar-refractivity contribution in [1.82, 2.24) is 0 Å². The maximum atomic E-state index is 12.1. The summed E-state index contributed by atoms with van der Waals surface area (Å²) in [5.41, 5.74) is -2.09. The molecular weight excluding hydrogens is 308 g/mol. The van der Waals surface area contributed by atoms with Crippen LogP contribution in [0.4, 0.5) is 0 Å². The summed E-state index contributed by atoms with van der Waals surface area (Å²) >= 11 is 0. The fourth-order valence-electron chi connectivity index (χ4n) is 1.80. The van der Waals surface area contributed by atoms with E-state index in [0.717, 1.165) is 18.2 Å². The molecule has 0 saturated heterocycles. The smallest absolute Gasteiger partial charge is 0.339 e. The molecule has 8 heteroatoms. The van der Waals surface area contributed by atoms with Crippen LogP contribution < -0.4 is 0 Å². The first kappa shape index (κ1) is 18.6. The van der Waals surface area contributed by atoms with Crippen LogP contribution >= 0.6 is 0 Å². The molecule has 1 rings (SSSR count). The predicted molar refractivity (Wildman–Crippen MR) is 77.5 cm³/mol. The van der Waals surface area contributed by atoms with Crippen molar-refractivity contribution in [2.75, 3.05) is 19.8 Å². The molecule has 0 spiro atoms. The first-order valence-corrected chi connectivity index (χ1v) is 6.79. The Bertz CT molecular complexity index is 595. The average Bonchev–Trinajstić information content (AvgIpc) is 2.55. The normalized spacial score (nSPS) is 11.1. The minimum absolute atomic E-state index is 0.256. The Balaban J connectivity index is 3.08. The van der Waals surface area contributed by atoms with E-state index in [4.69, 9.17) is 14.9 Å². The van der Waals surface area contributed by atoms with Crippen LogP contribution in [0.2, 0.25) is 0 Å². The van der Waals surface area contributed by atoms with Gasteiger partial charge in [-0.2, -0.15) is 0 Å². The van der Waals surface area contributed by atoms with Gasteiger partial charge in [0, 0.05) is 0 Å². The first-order valence-electron chi connectivity index (χ1n) is 6.79. The molecule has 0 saturated carbocycles. The maximum absolute atomic E-state index is 12.1. The van der Waals surface area contributed by atoms with E-state index in [1.54, 1.807) is 6.92 Å². The molecule has 0 heterocycles. The second kappa shape index (κ2) is 7.70. The van der Waals surface area contributed by atoms with Crippen LogP contribution in [0.3, 0.4) is 0 Å². The molecule has 0 fully saturated rings. The largest absolute Gasteiger partial charge is 0.478 e. The number of benzene rings is 1. The molecule has 0 atom stereocenters. The van der Waals surface area contributed by atoms with Crippen molar-refractivity contribution in [3.63, 3.8) is 0 Å². The van der Waals surface area contributed by atoms with Gasteiger partial charge in [0.1, 0.15) is 6.61 Å². The van der Waals surface area contributed by atoms with E-state index in [0.29, 0.717) is 6.42 Å². The van der Waals surface area contributed by atoms with Crippen molar-refractivity contribution >= 4 is 17.9 Å². The SMILES string of the molecule is CCC(CO)(CO)COC(=O)c1cc(C(=O)O)ccc1C(=O)O. The highest BCUT2D eigenvalue weighted by Gasteiger charge is 2.30. The second-order valence-corrected chi connectivity index (χ2v) is 5.12. The molecule has 0 unspecified atom stereocenters. The number of carboxylic acid groups (broad SMARTS) is 2. The standard InChI is InChI=1S/C15H18O8/c1-2-15(6-16,7-17)8-23-14(22)11-5-9(12(18)19)3-4-10(11)13(20)21/h3-5,16-17H,2,6-8H2,1H3,(H,18,19)(H,20,21). The van der Waals surface area contributed by atoms with Crippen LogP contribution in [-0.2, 0) is 4.74 Å². The number of ether oxygens (including phenoxy) is 1. The van der Waals surface area contributed by atoms with Gasteiger partial charge in [-0.15, -0.1) is 0 Å². The number of aliphatic hydroxyl groups excluding tert-OH is 2. The lowest BCUT2D eigenvalue weighted by Gasteiger charge is -2.27. The number of hydrogen-bond donors (Lipinski definition) is 4. The maximum Gasteiger partial charge on any atom is 0.339 e. The monoisotopic (exact) mass is 326 g/mol. The van der Waals surface area contributed by atoms with Gasteiger partial charge in [0.2, 0.25) is 0 Å². The van der Waals surface area contributed by atoms with Crippen LogP contribution in [0.25, 0.3) is 0 Å². The Labute approximate surface area is 131 Å². The number of carboxylic acids is 2. The number of carbonyl (C=O) groups is 3. The van der Waals surface area contributed by atoms with Crippen LogP contribution in [0.5, 0.6) is 0 Å². The number of carbonyl (C=O) groups excluding carboxylic acids is 1. The third-order valence-electron chi connectivity index (χ3n) is 3.65. The molecule has 0 radical (unpaired) electrons. The Morgan fingerprint density at radius 1 is 1.04 bits per heavy atom. The molecule has 126 valence electrons. The van der Waals surface area contributed by atoms with Gasteiger partial charge in [-0.05, 0) is 24.6 Å². The molecule has 0 aliphatic carbocycles. The van der Waals surface area contributed by atoms with Crippen molar-refractivity contribution in [1.29, 1.82) is 0 Å². The molecule has 0 bridgehead atoms. The lowest BCUT2D eigenvalue weighted by molar-refractivity contribution is -0.0178. The fourth-order valence-corrected chi connectivity index (χ4v) is 1.80. The summed E-state index contributed by atoms with van der Waals surface area (Å²) in [5, 5.41) is 36.6. The summed E-state index contributed by atoms with van der Waals surface area (Å²) < 4.78 is 4.98. The van der Waals surface area contributed by atoms with E-state index in [2.05, 4.69) is 0 Å². The zero-order valence-corrected chi connectivity index (χ0v) is 12.5. The van der Waals surface area contributed by atoms with Gasteiger partial charge >= 0.3 is 17.9 Å². The minimum atomic E-state index is -1.40. The zero-order valence-electron chi connectivity index (χ0n) is 12.5. The van der Waals surface area contributed by atoms with E-state index in [-0.39, 0.29) is 12.2 Å². The number of rotatable bonds is 8. The van der Waals surface area contributed by atoms with Gasteiger partial charge < -0.3 is 25.2 Å². The summed E-state index contributed by atoms with van der Waals surface area (Å²) in [7, 11) is 0. The molecule has 23 heavy (non-hydrogen) atoms. The number of hydrogen-bond acceptors (Lipinski definition) is 6. The molecule has 0 aliphatic heterocycles. The molecule has 0 aromatic heterocycles. The summed E-state index contributed by atoms with van der Waals surface area (Å²) in [6.45, 7) is 0.516. The highest BCUT2D eigenvalue weighted by Crippen LogP contribution is 2.22. The van der Waals surface area contributed by atoms with Crippen LogP contribution in [0.15, 0.2) is 18.2 Å². The molecule has 8 nitrogen and oxygen atoms in total. The lowest BCUT2D eigenvalue weighted by Crippen LogP contribution is -2.35. The van der Waals surface area contributed by atoms with Crippen LogP contribution in [0, 0.1) is 5.41 Å². The second-order valence-electron chi connectivity index (χ2n) is 5.12. The minimum Gasteiger partial charge on any atom is -0.478 e. The van der Waals surface area contributed by atoms with Crippen LogP contribution in [-0.4, -0.2) is 58.2 Å². The lowest BCUT2D eigenvalue weighted by atomic mass is 9.88. The Kier molecular flexibility index (Phi) is 6.23. The fraction of sp³-hybridized carbons (Fsp3) is 0.400. The zero-order chi connectivity index (χ0) is 17.6. The van der Waals surface area contributed by atoms with E-state index < -0.39 is 47.7 Å². The van der Waals surface area contributed by atoms with Crippen molar-refractivity contribution in [3.8, 4) is 0 Å². The first-order chi connectivity index (χ1) is 10.8. The number of aromatic carboxylic acids is 2. The molecule has 0 aliphatic rings. The Hall–Kier alpha value is -2.45. The quantitative estimate of drug-likeness (QED) is 0.509. The molecule has 1 aromatic carbocycles. The van der Waals surface area contributed by atoms with Crippen molar-refractivity contribution < 1.29 is 39.5 Å². The van der Waals surface area contributed by atoms with Crippen LogP contribution in [0.1, 0.15) is 44.4 Å². The summed E-state index contributed by atoms with van der Waals surface area (Å²) in [6, 6.07) is 2.99. The van der Waals surface area contributed by atoms with E-state index >= 15 is 0 Å². The highest BCUT2D eigenvalue weighted by molar-refractivity contribution is 6.04. The summed E-state index contributed by atoms with van der Waals surface area (Å²) in [5.74, 6) is -3.75. The Morgan fingerprint density at radius 2 is 1.65 bits per heavy atom. The molecule has 1 aromatic rings. The van der Waals surface area contributed by atoms with Crippen molar-refractivity contribution in [2.24, 2.45) is 5.41 Å². The highest BCUT2D eigenvalue weighted by atomic mass is 16.5. The van der Waals surface area contributed by atoms with Crippen molar-refractivity contribution in [2.45, 2.75) is 13.3 Å². The predicted octanol–water partition coefficient (Wildman–Crippen LogP) is 0.621. The van der Waals surface area contributed by atoms with E-state index in [1.165, 1.54) is 0 Å². The third kappa shape index (κ3) is 4.27. The van der Waals surface area contributed by atoms with Gasteiger partial charge in [-0.1, -0.05) is 6.92 Å². The number of aliphatic hydroxyl groups is 2. The topological polar surface area (TPSA) is 141 Å². The van der Waals surface area contributed by atoms with Gasteiger partial charge in [0.05, 0.1) is 35.3 Å². The van der Waals surface area contributed by atoms with Gasteiger partial charge in [0.25, 0.3) is 0 Å².